The van der Waals surface area contributed by atoms with Gasteiger partial charge in [0.2, 0.25) is 0 Å². The third-order valence-electron chi connectivity index (χ3n) is 2.89. The zero-order chi connectivity index (χ0) is 10.8. The largest absolute Gasteiger partial charge is 0.463 e. The van der Waals surface area contributed by atoms with Gasteiger partial charge in [-0.05, 0) is 25.7 Å². The summed E-state index contributed by atoms with van der Waals surface area (Å²) in [5.74, 6) is 0.734. The molecule has 1 aromatic heterocycles. The van der Waals surface area contributed by atoms with Gasteiger partial charge in [-0.2, -0.15) is 0 Å². The molecule has 0 unspecified atom stereocenters. The van der Waals surface area contributed by atoms with Gasteiger partial charge in [0.1, 0.15) is 12.2 Å². The minimum Gasteiger partial charge on any atom is -0.463 e. The van der Waals surface area contributed by atoms with Gasteiger partial charge in [-0.1, -0.05) is 0 Å². The number of hydrogen-bond donors (Lipinski definition) is 2. The number of nitrogens with two attached hydrogens (primary N) is 1. The lowest BCUT2D eigenvalue weighted by Gasteiger charge is -2.24. The summed E-state index contributed by atoms with van der Waals surface area (Å²) in [7, 11) is 0. The smallest absolute Gasteiger partial charge is 0.434 e. The molecule has 1 aliphatic rings. The standard InChI is InChI=1S/C9H14N4O2/c10-7-3-1-6(2-4-7)8-11-5-12-13(8)9(14)15/h5-7H,1-4,10H2,(H,14,15). The lowest BCUT2D eigenvalue weighted by molar-refractivity contribution is 0.190. The molecule has 6 heteroatoms. The van der Waals surface area contributed by atoms with Gasteiger partial charge >= 0.3 is 6.09 Å². The molecule has 0 atom stereocenters. The van der Waals surface area contributed by atoms with E-state index in [9.17, 15) is 4.79 Å². The Bertz CT molecular complexity index is 355. The van der Waals surface area contributed by atoms with E-state index in [1.54, 1.807) is 0 Å². The second kappa shape index (κ2) is 3.98. The van der Waals surface area contributed by atoms with Gasteiger partial charge in [0.05, 0.1) is 0 Å². The lowest BCUT2D eigenvalue weighted by Crippen LogP contribution is -2.27. The molecule has 1 aromatic rings. The van der Waals surface area contributed by atoms with E-state index in [0.29, 0.717) is 5.82 Å². The molecule has 0 amide bonds. The molecule has 2 rings (SSSR count). The summed E-state index contributed by atoms with van der Waals surface area (Å²) < 4.78 is 0.960. The highest BCUT2D eigenvalue weighted by Crippen LogP contribution is 2.30. The normalized spacial score (nSPS) is 26.5. The molecule has 82 valence electrons. The molecule has 0 aromatic carbocycles. The fourth-order valence-corrected chi connectivity index (χ4v) is 2.05. The van der Waals surface area contributed by atoms with E-state index in [0.717, 1.165) is 30.4 Å². The van der Waals surface area contributed by atoms with Crippen LogP contribution >= 0.6 is 0 Å². The molecule has 0 spiro atoms. The van der Waals surface area contributed by atoms with E-state index in [-0.39, 0.29) is 12.0 Å². The van der Waals surface area contributed by atoms with Gasteiger partial charge in [-0.15, -0.1) is 9.78 Å². The number of nitrogens with zero attached hydrogens (tertiary/aromatic N) is 3. The highest BCUT2D eigenvalue weighted by molar-refractivity contribution is 5.67. The fraction of sp³-hybridized carbons (Fsp3) is 0.667. The highest BCUT2D eigenvalue weighted by Gasteiger charge is 2.25. The summed E-state index contributed by atoms with van der Waals surface area (Å²) in [5.41, 5.74) is 5.79. The molecule has 0 aliphatic heterocycles. The van der Waals surface area contributed by atoms with E-state index < -0.39 is 6.09 Å². The predicted molar refractivity (Wildman–Crippen MR) is 52.6 cm³/mol. The van der Waals surface area contributed by atoms with E-state index in [2.05, 4.69) is 10.1 Å². The van der Waals surface area contributed by atoms with Crippen LogP contribution in [0.25, 0.3) is 0 Å². The zero-order valence-corrected chi connectivity index (χ0v) is 8.33. The first-order valence-electron chi connectivity index (χ1n) is 5.07. The summed E-state index contributed by atoms with van der Waals surface area (Å²) in [4.78, 5) is 14.8. The Labute approximate surface area is 87.1 Å². The molecule has 6 nitrogen and oxygen atoms in total. The van der Waals surface area contributed by atoms with Crippen LogP contribution in [0.5, 0.6) is 0 Å². The number of aromatic nitrogens is 3. The van der Waals surface area contributed by atoms with Crippen molar-refractivity contribution in [3.05, 3.63) is 12.2 Å². The van der Waals surface area contributed by atoms with Crippen LogP contribution in [0.3, 0.4) is 0 Å². The zero-order valence-electron chi connectivity index (χ0n) is 8.33. The molecule has 1 fully saturated rings. The number of rotatable bonds is 1. The van der Waals surface area contributed by atoms with E-state index >= 15 is 0 Å². The van der Waals surface area contributed by atoms with E-state index in [4.69, 9.17) is 10.8 Å². The van der Waals surface area contributed by atoms with Crippen molar-refractivity contribution in [3.8, 4) is 0 Å². The first-order valence-corrected chi connectivity index (χ1v) is 5.07. The first-order chi connectivity index (χ1) is 7.18. The van der Waals surface area contributed by atoms with E-state index in [1.165, 1.54) is 6.33 Å². The maximum atomic E-state index is 10.8. The maximum absolute atomic E-state index is 10.8. The molecule has 0 saturated heterocycles. The van der Waals surface area contributed by atoms with Crippen LogP contribution < -0.4 is 5.73 Å². The van der Waals surface area contributed by atoms with E-state index in [1.807, 2.05) is 0 Å². The van der Waals surface area contributed by atoms with Gasteiger partial charge in [0, 0.05) is 12.0 Å². The Hall–Kier alpha value is -1.43. The van der Waals surface area contributed by atoms with Crippen LogP contribution in [0, 0.1) is 0 Å². The molecule has 15 heavy (non-hydrogen) atoms. The topological polar surface area (TPSA) is 94.0 Å². The van der Waals surface area contributed by atoms with Gasteiger partial charge in [-0.25, -0.2) is 9.78 Å². The first kappa shape index (κ1) is 10.1. The molecular weight excluding hydrogens is 196 g/mol. The summed E-state index contributed by atoms with van der Waals surface area (Å²) in [6, 6.07) is 0.252. The summed E-state index contributed by atoms with van der Waals surface area (Å²) >= 11 is 0. The minimum atomic E-state index is -1.07. The Morgan fingerprint density at radius 3 is 2.73 bits per heavy atom. The number of carboxylic acid groups (broad SMARTS) is 1. The van der Waals surface area contributed by atoms with Crippen LogP contribution in [-0.2, 0) is 0 Å². The van der Waals surface area contributed by atoms with Crippen molar-refractivity contribution in [2.75, 3.05) is 0 Å². The van der Waals surface area contributed by atoms with Crippen molar-refractivity contribution >= 4 is 6.09 Å². The van der Waals surface area contributed by atoms with Crippen LogP contribution in [0.1, 0.15) is 37.4 Å². The Kier molecular flexibility index (Phi) is 2.68. The van der Waals surface area contributed by atoms with Crippen molar-refractivity contribution in [3.63, 3.8) is 0 Å². The Morgan fingerprint density at radius 2 is 2.13 bits per heavy atom. The summed E-state index contributed by atoms with van der Waals surface area (Å²) in [6.45, 7) is 0. The maximum Gasteiger partial charge on any atom is 0.434 e. The molecule has 1 heterocycles. The summed E-state index contributed by atoms with van der Waals surface area (Å²) in [5, 5.41) is 12.6. The van der Waals surface area contributed by atoms with Crippen molar-refractivity contribution in [1.29, 1.82) is 0 Å². The fourth-order valence-electron chi connectivity index (χ4n) is 2.05. The van der Waals surface area contributed by atoms with Crippen molar-refractivity contribution in [1.82, 2.24) is 14.8 Å². The molecule has 0 radical (unpaired) electrons. The van der Waals surface area contributed by atoms with Crippen LogP contribution in [0.15, 0.2) is 6.33 Å². The predicted octanol–water partition coefficient (Wildman–Crippen LogP) is 0.789. The third kappa shape index (κ3) is 1.99. The van der Waals surface area contributed by atoms with Crippen molar-refractivity contribution < 1.29 is 9.90 Å². The molecular formula is C9H14N4O2. The molecule has 1 aliphatic carbocycles. The van der Waals surface area contributed by atoms with Crippen molar-refractivity contribution in [2.24, 2.45) is 5.73 Å². The lowest BCUT2D eigenvalue weighted by atomic mass is 9.86. The Morgan fingerprint density at radius 1 is 1.47 bits per heavy atom. The molecule has 0 bridgehead atoms. The average Bonchev–Trinajstić information content (AvgIpc) is 2.67. The summed E-state index contributed by atoms with van der Waals surface area (Å²) in [6.07, 6.45) is 3.87. The van der Waals surface area contributed by atoms with Gasteiger partial charge in [-0.3, -0.25) is 0 Å². The highest BCUT2D eigenvalue weighted by atomic mass is 16.4. The van der Waals surface area contributed by atoms with Crippen LogP contribution in [0.4, 0.5) is 4.79 Å². The monoisotopic (exact) mass is 210 g/mol. The molecule has 3 N–H and O–H groups in total. The SMILES string of the molecule is NC1CCC(c2ncnn2C(=O)O)CC1. The molecule has 1 saturated carbocycles. The quantitative estimate of drug-likeness (QED) is 0.714. The van der Waals surface area contributed by atoms with Gasteiger partial charge < -0.3 is 10.8 Å². The second-order valence-electron chi connectivity index (χ2n) is 3.92. The number of hydrogen-bond acceptors (Lipinski definition) is 4. The minimum absolute atomic E-state index is 0.184. The van der Waals surface area contributed by atoms with Crippen LogP contribution in [-0.4, -0.2) is 32.0 Å². The Balaban J connectivity index is 2.15. The second-order valence-corrected chi connectivity index (χ2v) is 3.92. The van der Waals surface area contributed by atoms with Gasteiger partial charge in [0.15, 0.2) is 0 Å². The van der Waals surface area contributed by atoms with Crippen molar-refractivity contribution in [2.45, 2.75) is 37.6 Å². The average molecular weight is 210 g/mol. The number of carbonyl (C=O) groups is 1. The van der Waals surface area contributed by atoms with Gasteiger partial charge in [0.25, 0.3) is 0 Å². The third-order valence-corrected chi connectivity index (χ3v) is 2.89. The van der Waals surface area contributed by atoms with Crippen LogP contribution in [0.2, 0.25) is 0 Å².